The zero-order valence-corrected chi connectivity index (χ0v) is 18.6. The van der Waals surface area contributed by atoms with Gasteiger partial charge in [-0.25, -0.2) is 0 Å². The van der Waals surface area contributed by atoms with E-state index in [0.717, 1.165) is 11.1 Å². The summed E-state index contributed by atoms with van der Waals surface area (Å²) in [5.41, 5.74) is 3.20. The summed E-state index contributed by atoms with van der Waals surface area (Å²) in [6.07, 6.45) is 0. The number of hydrogen-bond donors (Lipinski definition) is 1. The van der Waals surface area contributed by atoms with Gasteiger partial charge in [-0.2, -0.15) is 0 Å². The fourth-order valence-corrected chi connectivity index (χ4v) is 4.00. The highest BCUT2D eigenvalue weighted by Crippen LogP contribution is 2.42. The molecule has 0 saturated carbocycles. The maximum atomic E-state index is 10.4. The number of nitrogens with zero attached hydrogens (tertiary/aromatic N) is 1. The first-order chi connectivity index (χ1) is 15.1. The molecule has 0 fully saturated rings. The van der Waals surface area contributed by atoms with Crippen LogP contribution < -0.4 is 14.2 Å². The molecule has 0 aliphatic carbocycles. The zero-order chi connectivity index (χ0) is 22.2. The first kappa shape index (κ1) is 22.7. The van der Waals surface area contributed by atoms with Gasteiger partial charge >= 0.3 is 0 Å². The Kier molecular flexibility index (Phi) is 7.93. The molecule has 0 saturated heterocycles. The number of aliphatic hydroxyl groups is 1. The zero-order valence-electron chi connectivity index (χ0n) is 18.6. The predicted molar refractivity (Wildman–Crippen MR) is 123 cm³/mol. The van der Waals surface area contributed by atoms with Crippen molar-refractivity contribution in [1.82, 2.24) is 4.90 Å². The molecule has 0 amide bonds. The molecule has 0 spiro atoms. The Balaban J connectivity index is 2.07. The highest BCUT2D eigenvalue weighted by molar-refractivity contribution is 5.55. The predicted octanol–water partition coefficient (Wildman–Crippen LogP) is 5.01. The van der Waals surface area contributed by atoms with Crippen LogP contribution in [0.1, 0.15) is 35.7 Å². The van der Waals surface area contributed by atoms with Crippen LogP contribution in [-0.2, 0) is 6.54 Å². The number of methoxy groups -OCH3 is 3. The van der Waals surface area contributed by atoms with Crippen LogP contribution in [-0.4, -0.2) is 37.9 Å². The second kappa shape index (κ2) is 10.8. The highest BCUT2D eigenvalue weighted by Gasteiger charge is 2.28. The van der Waals surface area contributed by atoms with E-state index in [0.29, 0.717) is 23.8 Å². The van der Waals surface area contributed by atoms with Gasteiger partial charge in [-0.1, -0.05) is 66.7 Å². The Labute approximate surface area is 184 Å². The molecule has 5 heteroatoms. The summed E-state index contributed by atoms with van der Waals surface area (Å²) < 4.78 is 16.7. The molecule has 0 bridgehead atoms. The first-order valence-corrected chi connectivity index (χ1v) is 10.4. The molecular formula is C26H31NO4. The average molecular weight is 422 g/mol. The van der Waals surface area contributed by atoms with Crippen LogP contribution in [0.15, 0.2) is 72.8 Å². The second-order valence-electron chi connectivity index (χ2n) is 7.36. The van der Waals surface area contributed by atoms with Crippen molar-refractivity contribution in [2.75, 3.05) is 27.9 Å². The van der Waals surface area contributed by atoms with E-state index >= 15 is 0 Å². The molecule has 164 valence electrons. The van der Waals surface area contributed by atoms with Gasteiger partial charge in [-0.3, -0.25) is 4.90 Å². The monoisotopic (exact) mass is 421 g/mol. The van der Waals surface area contributed by atoms with Crippen molar-refractivity contribution in [3.05, 3.63) is 89.5 Å². The Morgan fingerprint density at radius 2 is 1.32 bits per heavy atom. The third-order valence-electron chi connectivity index (χ3n) is 5.68. The minimum absolute atomic E-state index is 0.00318. The molecule has 2 atom stereocenters. The van der Waals surface area contributed by atoms with Gasteiger partial charge in [0.25, 0.3) is 0 Å². The molecule has 0 unspecified atom stereocenters. The van der Waals surface area contributed by atoms with Crippen molar-refractivity contribution in [1.29, 1.82) is 0 Å². The highest BCUT2D eigenvalue weighted by atomic mass is 16.5. The topological polar surface area (TPSA) is 51.2 Å². The van der Waals surface area contributed by atoms with Crippen LogP contribution in [0.25, 0.3) is 0 Å². The smallest absolute Gasteiger partial charge is 0.203 e. The summed E-state index contributed by atoms with van der Waals surface area (Å²) in [5, 5.41) is 10.4. The Morgan fingerprint density at radius 1 is 0.742 bits per heavy atom. The molecule has 0 heterocycles. The Morgan fingerprint density at radius 3 is 1.84 bits per heavy atom. The summed E-state index contributed by atoms with van der Waals surface area (Å²) in [7, 11) is 4.85. The molecule has 0 radical (unpaired) electrons. The van der Waals surface area contributed by atoms with E-state index in [9.17, 15) is 5.11 Å². The van der Waals surface area contributed by atoms with E-state index in [1.54, 1.807) is 21.3 Å². The van der Waals surface area contributed by atoms with Crippen molar-refractivity contribution in [3.8, 4) is 17.2 Å². The van der Waals surface area contributed by atoms with Crippen LogP contribution in [0.4, 0.5) is 0 Å². The summed E-state index contributed by atoms with van der Waals surface area (Å²) in [6.45, 7) is 2.71. The minimum atomic E-state index is -0.186. The van der Waals surface area contributed by atoms with Crippen molar-refractivity contribution in [2.45, 2.75) is 25.6 Å². The number of rotatable bonds is 10. The largest absolute Gasteiger partial charge is 0.493 e. The number of aliphatic hydroxyl groups excluding tert-OH is 1. The number of hydrogen-bond acceptors (Lipinski definition) is 5. The third-order valence-corrected chi connectivity index (χ3v) is 5.68. The maximum absolute atomic E-state index is 10.4. The molecule has 5 nitrogen and oxygen atoms in total. The van der Waals surface area contributed by atoms with E-state index in [4.69, 9.17) is 14.2 Å². The van der Waals surface area contributed by atoms with Crippen LogP contribution in [0.3, 0.4) is 0 Å². The molecular weight excluding hydrogens is 390 g/mol. The van der Waals surface area contributed by atoms with E-state index in [1.165, 1.54) is 5.56 Å². The summed E-state index contributed by atoms with van der Waals surface area (Å²) in [6, 6.07) is 24.2. The standard InChI is InChI=1S/C26H31NO4/c1-19(20-11-7-5-8-12-20)27(23(18-28)21-13-9-6-10-14-21)17-22-15-16-24(29-2)26(31-4)25(22)30-3/h5-16,19,23,28H,17-18H2,1-4H3/t19-,23+/m1/s1. The van der Waals surface area contributed by atoms with E-state index in [1.807, 2.05) is 48.5 Å². The summed E-state index contributed by atoms with van der Waals surface area (Å²) in [5.74, 6) is 1.82. The van der Waals surface area contributed by atoms with Crippen LogP contribution in [0.2, 0.25) is 0 Å². The Bertz CT molecular complexity index is 946. The van der Waals surface area contributed by atoms with E-state index in [-0.39, 0.29) is 18.7 Å². The van der Waals surface area contributed by atoms with Gasteiger partial charge in [0.15, 0.2) is 11.5 Å². The van der Waals surface area contributed by atoms with Crippen molar-refractivity contribution < 1.29 is 19.3 Å². The maximum Gasteiger partial charge on any atom is 0.203 e. The van der Waals surface area contributed by atoms with Crippen molar-refractivity contribution >= 4 is 0 Å². The lowest BCUT2D eigenvalue weighted by Crippen LogP contribution is -2.33. The van der Waals surface area contributed by atoms with E-state index in [2.05, 4.69) is 36.1 Å². The lowest BCUT2D eigenvalue weighted by molar-refractivity contribution is 0.0801. The van der Waals surface area contributed by atoms with Gasteiger partial charge in [0, 0.05) is 18.2 Å². The van der Waals surface area contributed by atoms with Gasteiger partial charge < -0.3 is 19.3 Å². The summed E-state index contributed by atoms with van der Waals surface area (Å²) >= 11 is 0. The molecule has 0 aliphatic rings. The van der Waals surface area contributed by atoms with Gasteiger partial charge in [-0.15, -0.1) is 0 Å². The molecule has 0 aromatic heterocycles. The van der Waals surface area contributed by atoms with Gasteiger partial charge in [0.05, 0.1) is 34.0 Å². The number of ether oxygens (including phenoxy) is 3. The van der Waals surface area contributed by atoms with Crippen molar-refractivity contribution in [2.24, 2.45) is 0 Å². The number of benzene rings is 3. The van der Waals surface area contributed by atoms with Crippen LogP contribution in [0.5, 0.6) is 17.2 Å². The Hall–Kier alpha value is -3.02. The lowest BCUT2D eigenvalue weighted by atomic mass is 9.99. The molecule has 0 aliphatic heterocycles. The minimum Gasteiger partial charge on any atom is -0.493 e. The van der Waals surface area contributed by atoms with Gasteiger partial charge in [0.1, 0.15) is 0 Å². The van der Waals surface area contributed by atoms with Crippen molar-refractivity contribution in [3.63, 3.8) is 0 Å². The normalized spacial score (nSPS) is 13.0. The SMILES string of the molecule is COc1ccc(CN([C@H](C)c2ccccc2)[C@@H](CO)c2ccccc2)c(OC)c1OC. The van der Waals surface area contributed by atoms with Gasteiger partial charge in [0.2, 0.25) is 5.75 Å². The fraction of sp³-hybridized carbons (Fsp3) is 0.308. The van der Waals surface area contributed by atoms with Crippen LogP contribution >= 0.6 is 0 Å². The molecule has 3 rings (SSSR count). The van der Waals surface area contributed by atoms with Gasteiger partial charge in [-0.05, 0) is 24.1 Å². The third kappa shape index (κ3) is 5.01. The molecule has 31 heavy (non-hydrogen) atoms. The van der Waals surface area contributed by atoms with Crippen LogP contribution in [0, 0.1) is 0 Å². The summed E-state index contributed by atoms with van der Waals surface area (Å²) in [4.78, 5) is 2.29. The fourth-order valence-electron chi connectivity index (χ4n) is 4.00. The second-order valence-corrected chi connectivity index (χ2v) is 7.36. The quantitative estimate of drug-likeness (QED) is 0.499. The lowest BCUT2D eigenvalue weighted by Gasteiger charge is -2.36. The molecule has 3 aromatic carbocycles. The molecule has 3 aromatic rings. The first-order valence-electron chi connectivity index (χ1n) is 10.4. The molecule has 1 N–H and O–H groups in total. The van der Waals surface area contributed by atoms with E-state index < -0.39 is 0 Å². The average Bonchev–Trinajstić information content (AvgIpc) is 2.84.